The summed E-state index contributed by atoms with van der Waals surface area (Å²) in [4.78, 5) is 11.7. The monoisotopic (exact) mass is 292 g/mol. The zero-order valence-corrected chi connectivity index (χ0v) is 13.0. The van der Waals surface area contributed by atoms with Gasteiger partial charge in [-0.3, -0.25) is 5.43 Å². The third-order valence-electron chi connectivity index (χ3n) is 3.12. The number of carbonyl (C=O) groups is 1. The van der Waals surface area contributed by atoms with Crippen molar-refractivity contribution in [2.75, 3.05) is 13.1 Å². The van der Waals surface area contributed by atoms with Gasteiger partial charge in [0, 0.05) is 13.1 Å². The molecule has 1 aliphatic heterocycles. The fraction of sp³-hybridized carbons (Fsp3) is 0.562. The van der Waals surface area contributed by atoms with Crippen molar-refractivity contribution >= 4 is 6.09 Å². The highest BCUT2D eigenvalue weighted by molar-refractivity contribution is 5.67. The standard InChI is InChI=1S/C16H24N2O3/c1-16(2,3)21-15(19)17-18-10-9-14(11-18)20-12-13-7-5-4-6-8-13/h4-8,14H,9-12H2,1-3H3,(H,17,19)/t14-/m0/s1. The molecule has 116 valence electrons. The SMILES string of the molecule is CC(C)(C)OC(=O)NN1CC[C@H](OCc2ccccc2)C1. The van der Waals surface area contributed by atoms with Crippen LogP contribution in [0.25, 0.3) is 0 Å². The van der Waals surface area contributed by atoms with Crippen LogP contribution >= 0.6 is 0 Å². The van der Waals surface area contributed by atoms with Gasteiger partial charge in [-0.05, 0) is 32.8 Å². The van der Waals surface area contributed by atoms with Crippen LogP contribution in [0.3, 0.4) is 0 Å². The number of hydrogen-bond donors (Lipinski definition) is 1. The quantitative estimate of drug-likeness (QED) is 0.927. The minimum absolute atomic E-state index is 0.139. The van der Waals surface area contributed by atoms with Gasteiger partial charge >= 0.3 is 6.09 Å². The summed E-state index contributed by atoms with van der Waals surface area (Å²) in [6.07, 6.45) is 0.633. The number of nitrogens with zero attached hydrogens (tertiary/aromatic N) is 1. The molecular weight excluding hydrogens is 268 g/mol. The van der Waals surface area contributed by atoms with Crippen molar-refractivity contribution < 1.29 is 14.3 Å². The lowest BCUT2D eigenvalue weighted by Gasteiger charge is -2.23. The molecule has 0 radical (unpaired) electrons. The number of carbonyl (C=O) groups excluding carboxylic acids is 1. The van der Waals surface area contributed by atoms with Gasteiger partial charge in [0.25, 0.3) is 0 Å². The van der Waals surface area contributed by atoms with Gasteiger partial charge in [0.05, 0.1) is 12.7 Å². The molecule has 1 aliphatic rings. The van der Waals surface area contributed by atoms with E-state index in [0.717, 1.165) is 18.5 Å². The molecule has 21 heavy (non-hydrogen) atoms. The van der Waals surface area contributed by atoms with E-state index in [1.165, 1.54) is 0 Å². The van der Waals surface area contributed by atoms with Crippen molar-refractivity contribution in [3.05, 3.63) is 35.9 Å². The van der Waals surface area contributed by atoms with Crippen LogP contribution in [0.5, 0.6) is 0 Å². The minimum Gasteiger partial charge on any atom is -0.443 e. The van der Waals surface area contributed by atoms with E-state index >= 15 is 0 Å². The molecule has 1 amide bonds. The van der Waals surface area contributed by atoms with Crippen LogP contribution in [0.2, 0.25) is 0 Å². The second-order valence-corrected chi connectivity index (χ2v) is 6.27. The van der Waals surface area contributed by atoms with Crippen molar-refractivity contribution in [2.45, 2.75) is 45.5 Å². The molecule has 1 heterocycles. The van der Waals surface area contributed by atoms with Gasteiger partial charge in [-0.15, -0.1) is 0 Å². The van der Waals surface area contributed by atoms with Gasteiger partial charge in [-0.1, -0.05) is 30.3 Å². The molecule has 2 rings (SSSR count). The Morgan fingerprint density at radius 2 is 2.05 bits per heavy atom. The molecule has 0 bridgehead atoms. The van der Waals surface area contributed by atoms with Gasteiger partial charge < -0.3 is 9.47 Å². The number of nitrogens with one attached hydrogen (secondary N) is 1. The van der Waals surface area contributed by atoms with E-state index in [1.54, 1.807) is 0 Å². The maximum atomic E-state index is 11.7. The van der Waals surface area contributed by atoms with E-state index in [9.17, 15) is 4.79 Å². The summed E-state index contributed by atoms with van der Waals surface area (Å²) in [7, 11) is 0. The van der Waals surface area contributed by atoms with Crippen LogP contribution in [-0.2, 0) is 16.1 Å². The summed E-state index contributed by atoms with van der Waals surface area (Å²) in [5, 5.41) is 1.85. The first-order valence-electron chi connectivity index (χ1n) is 7.32. The van der Waals surface area contributed by atoms with Crippen LogP contribution in [0.1, 0.15) is 32.8 Å². The first-order chi connectivity index (χ1) is 9.92. The largest absolute Gasteiger partial charge is 0.443 e. The predicted octanol–water partition coefficient (Wildman–Crippen LogP) is 2.72. The second-order valence-electron chi connectivity index (χ2n) is 6.27. The van der Waals surface area contributed by atoms with E-state index < -0.39 is 11.7 Å². The smallest absolute Gasteiger partial charge is 0.422 e. The lowest BCUT2D eigenvalue weighted by atomic mass is 10.2. The predicted molar refractivity (Wildman–Crippen MR) is 80.6 cm³/mol. The Balaban J connectivity index is 1.70. The fourth-order valence-corrected chi connectivity index (χ4v) is 2.18. The summed E-state index contributed by atoms with van der Waals surface area (Å²) in [5.41, 5.74) is 3.44. The summed E-state index contributed by atoms with van der Waals surface area (Å²) >= 11 is 0. The van der Waals surface area contributed by atoms with Crippen LogP contribution in [0.4, 0.5) is 4.79 Å². The topological polar surface area (TPSA) is 50.8 Å². The second kappa shape index (κ2) is 6.91. The average Bonchev–Trinajstić information content (AvgIpc) is 2.83. The average molecular weight is 292 g/mol. The number of hydrogen-bond acceptors (Lipinski definition) is 4. The number of rotatable bonds is 4. The molecule has 0 aromatic heterocycles. The van der Waals surface area contributed by atoms with Crippen LogP contribution in [-0.4, -0.2) is 35.9 Å². The van der Waals surface area contributed by atoms with Gasteiger partial charge in [-0.25, -0.2) is 9.80 Å². The Morgan fingerprint density at radius 3 is 2.71 bits per heavy atom. The van der Waals surface area contributed by atoms with Crippen molar-refractivity contribution in [2.24, 2.45) is 0 Å². The third-order valence-corrected chi connectivity index (χ3v) is 3.12. The van der Waals surface area contributed by atoms with E-state index in [-0.39, 0.29) is 6.10 Å². The first-order valence-corrected chi connectivity index (χ1v) is 7.32. The number of ether oxygens (including phenoxy) is 2. The minimum atomic E-state index is -0.479. The molecule has 0 aliphatic carbocycles. The molecule has 1 atom stereocenters. The van der Waals surface area contributed by atoms with E-state index in [4.69, 9.17) is 9.47 Å². The summed E-state index contributed by atoms with van der Waals surface area (Å²) < 4.78 is 11.1. The fourth-order valence-electron chi connectivity index (χ4n) is 2.18. The molecule has 1 fully saturated rings. The Kier molecular flexibility index (Phi) is 5.20. The van der Waals surface area contributed by atoms with E-state index in [2.05, 4.69) is 5.43 Å². The molecule has 1 saturated heterocycles. The van der Waals surface area contributed by atoms with Crippen molar-refractivity contribution in [1.29, 1.82) is 0 Å². The number of hydrazine groups is 1. The Hall–Kier alpha value is -1.59. The molecule has 0 saturated carbocycles. The normalized spacial score (nSPS) is 19.5. The summed E-state index contributed by atoms with van der Waals surface area (Å²) in [6.45, 7) is 7.61. The highest BCUT2D eigenvalue weighted by atomic mass is 16.6. The molecule has 5 heteroatoms. The Bertz CT molecular complexity index is 456. The van der Waals surface area contributed by atoms with Crippen molar-refractivity contribution in [3.63, 3.8) is 0 Å². The van der Waals surface area contributed by atoms with Gasteiger partial charge in [0.2, 0.25) is 0 Å². The first kappa shape index (κ1) is 15.8. The molecule has 1 aromatic rings. The molecular formula is C16H24N2O3. The van der Waals surface area contributed by atoms with Gasteiger partial charge in [0.1, 0.15) is 5.60 Å². The van der Waals surface area contributed by atoms with E-state index in [0.29, 0.717) is 13.2 Å². The maximum Gasteiger partial charge on any atom is 0.422 e. The van der Waals surface area contributed by atoms with Gasteiger partial charge in [0.15, 0.2) is 0 Å². The summed E-state index contributed by atoms with van der Waals surface area (Å²) in [6, 6.07) is 10.1. The molecule has 0 spiro atoms. The zero-order chi connectivity index (χ0) is 15.3. The highest BCUT2D eigenvalue weighted by Gasteiger charge is 2.26. The lowest BCUT2D eigenvalue weighted by molar-refractivity contribution is 0.0250. The molecule has 5 nitrogen and oxygen atoms in total. The van der Waals surface area contributed by atoms with Crippen LogP contribution in [0.15, 0.2) is 30.3 Å². The van der Waals surface area contributed by atoms with Crippen molar-refractivity contribution in [1.82, 2.24) is 10.4 Å². The lowest BCUT2D eigenvalue weighted by Crippen LogP contribution is -2.43. The third kappa shape index (κ3) is 5.73. The van der Waals surface area contributed by atoms with Gasteiger partial charge in [-0.2, -0.15) is 0 Å². The van der Waals surface area contributed by atoms with Crippen molar-refractivity contribution in [3.8, 4) is 0 Å². The Labute approximate surface area is 126 Å². The molecule has 1 N–H and O–H groups in total. The zero-order valence-electron chi connectivity index (χ0n) is 13.0. The van der Waals surface area contributed by atoms with Crippen LogP contribution < -0.4 is 5.43 Å². The molecule has 1 aromatic carbocycles. The maximum absolute atomic E-state index is 11.7. The van der Waals surface area contributed by atoms with Crippen LogP contribution in [0, 0.1) is 0 Å². The highest BCUT2D eigenvalue weighted by Crippen LogP contribution is 2.14. The molecule has 0 unspecified atom stereocenters. The Morgan fingerprint density at radius 1 is 1.33 bits per heavy atom. The summed E-state index contributed by atoms with van der Waals surface area (Å²) in [5.74, 6) is 0. The number of benzene rings is 1. The van der Waals surface area contributed by atoms with E-state index in [1.807, 2.05) is 56.1 Å². The number of amides is 1.